The van der Waals surface area contributed by atoms with Gasteiger partial charge in [0.15, 0.2) is 11.5 Å². The molecule has 0 aliphatic heterocycles. The van der Waals surface area contributed by atoms with Gasteiger partial charge in [-0.05, 0) is 19.1 Å². The van der Waals surface area contributed by atoms with Gasteiger partial charge < -0.3 is 14.8 Å². The maximum atomic E-state index is 11.7. The van der Waals surface area contributed by atoms with Crippen molar-refractivity contribution < 1.29 is 14.3 Å². The topological polar surface area (TPSA) is 60.5 Å². The summed E-state index contributed by atoms with van der Waals surface area (Å²) in [5.41, 5.74) is 0. The molecule has 1 aromatic heterocycles. The summed E-state index contributed by atoms with van der Waals surface area (Å²) in [6.45, 7) is 2.77. The summed E-state index contributed by atoms with van der Waals surface area (Å²) in [5, 5.41) is 3.85. The van der Waals surface area contributed by atoms with Crippen LogP contribution in [0.4, 0.5) is 0 Å². The molecule has 0 aliphatic rings. The van der Waals surface area contributed by atoms with Crippen LogP contribution in [0.5, 0.6) is 11.5 Å². The van der Waals surface area contributed by atoms with Crippen LogP contribution >= 0.6 is 11.3 Å². The SMILES string of the molecule is COc1ccccc1OCCC(=O)NCc1cnc(C)s1. The molecule has 0 aliphatic carbocycles. The van der Waals surface area contributed by atoms with E-state index in [0.29, 0.717) is 31.1 Å². The second-order valence-electron chi connectivity index (χ2n) is 4.37. The number of amides is 1. The Morgan fingerprint density at radius 1 is 1.33 bits per heavy atom. The molecule has 0 saturated carbocycles. The molecule has 0 fully saturated rings. The maximum Gasteiger partial charge on any atom is 0.223 e. The molecule has 1 amide bonds. The number of carbonyl (C=O) groups excluding carboxylic acids is 1. The van der Waals surface area contributed by atoms with Crippen molar-refractivity contribution >= 4 is 17.2 Å². The number of carbonyl (C=O) groups is 1. The molecule has 6 heteroatoms. The fraction of sp³-hybridized carbons (Fsp3) is 0.333. The first kappa shape index (κ1) is 15.3. The molecule has 1 aromatic carbocycles. The van der Waals surface area contributed by atoms with E-state index in [0.717, 1.165) is 9.88 Å². The lowest BCUT2D eigenvalue weighted by Crippen LogP contribution is -2.24. The average Bonchev–Trinajstić information content (AvgIpc) is 2.91. The van der Waals surface area contributed by atoms with E-state index < -0.39 is 0 Å². The van der Waals surface area contributed by atoms with Gasteiger partial charge >= 0.3 is 0 Å². The Morgan fingerprint density at radius 3 is 2.76 bits per heavy atom. The largest absolute Gasteiger partial charge is 0.493 e. The van der Waals surface area contributed by atoms with Gasteiger partial charge in [0.2, 0.25) is 5.91 Å². The van der Waals surface area contributed by atoms with Crippen molar-refractivity contribution in [1.82, 2.24) is 10.3 Å². The third-order valence-electron chi connectivity index (χ3n) is 2.78. The number of benzene rings is 1. The van der Waals surface area contributed by atoms with Crippen LogP contribution in [-0.4, -0.2) is 24.6 Å². The third kappa shape index (κ3) is 4.75. The molecule has 5 nitrogen and oxygen atoms in total. The van der Waals surface area contributed by atoms with Crippen molar-refractivity contribution in [2.45, 2.75) is 19.9 Å². The van der Waals surface area contributed by atoms with Gasteiger partial charge in [-0.15, -0.1) is 11.3 Å². The van der Waals surface area contributed by atoms with Crippen LogP contribution in [0, 0.1) is 6.92 Å². The van der Waals surface area contributed by atoms with Gasteiger partial charge in [-0.1, -0.05) is 12.1 Å². The molecule has 21 heavy (non-hydrogen) atoms. The van der Waals surface area contributed by atoms with Gasteiger partial charge in [-0.25, -0.2) is 4.98 Å². The molecule has 2 rings (SSSR count). The zero-order chi connectivity index (χ0) is 15.1. The van der Waals surface area contributed by atoms with Crippen molar-refractivity contribution in [3.8, 4) is 11.5 Å². The van der Waals surface area contributed by atoms with Crippen molar-refractivity contribution in [1.29, 1.82) is 0 Å². The lowest BCUT2D eigenvalue weighted by Gasteiger charge is -2.10. The summed E-state index contributed by atoms with van der Waals surface area (Å²) in [6.07, 6.45) is 2.08. The second-order valence-corrected chi connectivity index (χ2v) is 5.69. The molecular weight excluding hydrogens is 288 g/mol. The summed E-state index contributed by atoms with van der Waals surface area (Å²) in [4.78, 5) is 16.9. The molecule has 0 saturated heterocycles. The fourth-order valence-corrected chi connectivity index (χ4v) is 2.49. The van der Waals surface area contributed by atoms with Gasteiger partial charge in [0.05, 0.1) is 31.7 Å². The summed E-state index contributed by atoms with van der Waals surface area (Å²) < 4.78 is 10.7. The van der Waals surface area contributed by atoms with E-state index >= 15 is 0 Å². The number of thiazole rings is 1. The van der Waals surface area contributed by atoms with Gasteiger partial charge in [-0.3, -0.25) is 4.79 Å². The minimum atomic E-state index is -0.0454. The molecule has 2 aromatic rings. The first-order chi connectivity index (χ1) is 10.2. The molecule has 1 N–H and O–H groups in total. The van der Waals surface area contributed by atoms with Gasteiger partial charge in [-0.2, -0.15) is 0 Å². The number of methoxy groups -OCH3 is 1. The predicted molar refractivity (Wildman–Crippen MR) is 81.8 cm³/mol. The number of hydrogen-bond donors (Lipinski definition) is 1. The number of hydrogen-bond acceptors (Lipinski definition) is 5. The fourth-order valence-electron chi connectivity index (χ4n) is 1.75. The molecule has 1 heterocycles. The van der Waals surface area contributed by atoms with E-state index in [1.54, 1.807) is 24.6 Å². The predicted octanol–water partition coefficient (Wildman–Crippen LogP) is 2.55. The van der Waals surface area contributed by atoms with Gasteiger partial charge in [0.1, 0.15) is 0 Å². The Hall–Kier alpha value is -2.08. The smallest absolute Gasteiger partial charge is 0.223 e. The van der Waals surface area contributed by atoms with E-state index in [1.807, 2.05) is 31.2 Å². The highest BCUT2D eigenvalue weighted by Crippen LogP contribution is 2.25. The summed E-state index contributed by atoms with van der Waals surface area (Å²) in [6, 6.07) is 7.37. The number of nitrogens with one attached hydrogen (secondary N) is 1. The summed E-state index contributed by atoms with van der Waals surface area (Å²) >= 11 is 1.58. The van der Waals surface area contributed by atoms with Crippen molar-refractivity contribution in [3.05, 3.63) is 40.3 Å². The number of aromatic nitrogens is 1. The van der Waals surface area contributed by atoms with Crippen LogP contribution in [0.3, 0.4) is 0 Å². The Morgan fingerprint density at radius 2 is 2.10 bits per heavy atom. The third-order valence-corrected chi connectivity index (χ3v) is 3.70. The van der Waals surface area contributed by atoms with Gasteiger partial charge in [0, 0.05) is 11.1 Å². The minimum Gasteiger partial charge on any atom is -0.493 e. The number of para-hydroxylation sites is 2. The van der Waals surface area contributed by atoms with Crippen LogP contribution in [-0.2, 0) is 11.3 Å². The van der Waals surface area contributed by atoms with E-state index in [1.165, 1.54) is 0 Å². The molecular formula is C15H18N2O3S. The molecule has 0 spiro atoms. The Balaban J connectivity index is 1.71. The van der Waals surface area contributed by atoms with Crippen molar-refractivity contribution in [2.24, 2.45) is 0 Å². The normalized spacial score (nSPS) is 10.2. The maximum absolute atomic E-state index is 11.7. The van der Waals surface area contributed by atoms with Crippen LogP contribution in [0.15, 0.2) is 30.5 Å². The molecule has 0 atom stereocenters. The number of ether oxygens (including phenoxy) is 2. The first-order valence-corrected chi connectivity index (χ1v) is 7.44. The van der Waals surface area contributed by atoms with Crippen LogP contribution in [0.2, 0.25) is 0 Å². The highest BCUT2D eigenvalue weighted by Gasteiger charge is 2.06. The summed E-state index contributed by atoms with van der Waals surface area (Å²) in [5.74, 6) is 1.26. The number of nitrogens with zero attached hydrogens (tertiary/aromatic N) is 1. The lowest BCUT2D eigenvalue weighted by molar-refractivity contribution is -0.121. The standard InChI is InChI=1S/C15H18N2O3S/c1-11-16-9-12(21-11)10-17-15(18)7-8-20-14-6-4-3-5-13(14)19-2/h3-6,9H,7-8,10H2,1-2H3,(H,17,18). The second kappa shape index (κ2) is 7.64. The van der Waals surface area contributed by atoms with Crippen molar-refractivity contribution in [2.75, 3.05) is 13.7 Å². The van der Waals surface area contributed by atoms with E-state index in [9.17, 15) is 4.79 Å². The minimum absolute atomic E-state index is 0.0454. The Kier molecular flexibility index (Phi) is 5.57. The Bertz CT molecular complexity index is 598. The highest BCUT2D eigenvalue weighted by molar-refractivity contribution is 7.11. The molecule has 0 unspecified atom stereocenters. The van der Waals surface area contributed by atoms with Crippen LogP contribution in [0.1, 0.15) is 16.3 Å². The average molecular weight is 306 g/mol. The molecule has 0 bridgehead atoms. The van der Waals surface area contributed by atoms with E-state index in [4.69, 9.17) is 9.47 Å². The zero-order valence-corrected chi connectivity index (χ0v) is 12.9. The van der Waals surface area contributed by atoms with Gasteiger partial charge in [0.25, 0.3) is 0 Å². The van der Waals surface area contributed by atoms with Crippen LogP contribution in [0.25, 0.3) is 0 Å². The molecule has 112 valence electrons. The van der Waals surface area contributed by atoms with E-state index in [-0.39, 0.29) is 5.91 Å². The van der Waals surface area contributed by atoms with E-state index in [2.05, 4.69) is 10.3 Å². The van der Waals surface area contributed by atoms with Crippen LogP contribution < -0.4 is 14.8 Å². The molecule has 0 radical (unpaired) electrons. The number of rotatable bonds is 7. The lowest BCUT2D eigenvalue weighted by atomic mass is 10.3. The number of aryl methyl sites for hydroxylation is 1. The quantitative estimate of drug-likeness (QED) is 0.854. The highest BCUT2D eigenvalue weighted by atomic mass is 32.1. The summed E-state index contributed by atoms with van der Waals surface area (Å²) in [7, 11) is 1.59. The Labute approximate surface area is 127 Å². The first-order valence-electron chi connectivity index (χ1n) is 6.63. The van der Waals surface area contributed by atoms with Crippen molar-refractivity contribution in [3.63, 3.8) is 0 Å². The zero-order valence-electron chi connectivity index (χ0n) is 12.1. The monoisotopic (exact) mass is 306 g/mol.